The molecule has 8 heteroatoms. The van der Waals surface area contributed by atoms with Crippen molar-refractivity contribution in [3.05, 3.63) is 81.1 Å². The lowest BCUT2D eigenvalue weighted by Gasteiger charge is -2.05. The third-order valence-corrected chi connectivity index (χ3v) is 5.06. The zero-order valence-electron chi connectivity index (χ0n) is 15.0. The first kappa shape index (κ1) is 20.0. The van der Waals surface area contributed by atoms with Gasteiger partial charge in [0.05, 0.1) is 6.54 Å². The van der Waals surface area contributed by atoms with Crippen molar-refractivity contribution in [3.8, 4) is 0 Å². The molecule has 0 unspecified atom stereocenters. The summed E-state index contributed by atoms with van der Waals surface area (Å²) in [5, 5.41) is 6.04. The first-order valence-corrected chi connectivity index (χ1v) is 9.63. The molecular formula is C20H17ClFN3O2S. The summed E-state index contributed by atoms with van der Waals surface area (Å²) in [5.74, 6) is -1.03. The fourth-order valence-electron chi connectivity index (χ4n) is 2.45. The number of nitrogens with one attached hydrogen (secondary N) is 2. The average Bonchev–Trinajstić information content (AvgIpc) is 3.09. The molecule has 3 rings (SSSR count). The van der Waals surface area contributed by atoms with Crippen LogP contribution in [0.5, 0.6) is 0 Å². The van der Waals surface area contributed by atoms with Gasteiger partial charge in [-0.15, -0.1) is 11.3 Å². The number of rotatable bonds is 6. The number of amides is 2. The maximum atomic E-state index is 13.6. The van der Waals surface area contributed by atoms with Crippen LogP contribution in [0.25, 0.3) is 0 Å². The van der Waals surface area contributed by atoms with Crippen molar-refractivity contribution < 1.29 is 14.0 Å². The highest BCUT2D eigenvalue weighted by atomic mass is 35.5. The number of carbonyl (C=O) groups is 2. The maximum Gasteiger partial charge on any atom is 0.251 e. The smallest absolute Gasteiger partial charge is 0.251 e. The highest BCUT2D eigenvalue weighted by molar-refractivity contribution is 7.15. The van der Waals surface area contributed by atoms with E-state index in [1.54, 1.807) is 37.4 Å². The highest BCUT2D eigenvalue weighted by Gasteiger charge is 2.11. The van der Waals surface area contributed by atoms with E-state index in [0.717, 1.165) is 10.4 Å². The van der Waals surface area contributed by atoms with Crippen LogP contribution in [0.4, 0.5) is 9.52 Å². The summed E-state index contributed by atoms with van der Waals surface area (Å²) < 4.78 is 13.6. The summed E-state index contributed by atoms with van der Waals surface area (Å²) in [6, 6.07) is 11.6. The molecule has 5 nitrogen and oxygen atoms in total. The van der Waals surface area contributed by atoms with Crippen LogP contribution in [-0.2, 0) is 11.2 Å². The molecule has 1 heterocycles. The molecule has 28 heavy (non-hydrogen) atoms. The Morgan fingerprint density at radius 1 is 1.21 bits per heavy atom. The number of nitrogens with zero attached hydrogens (tertiary/aromatic N) is 1. The van der Waals surface area contributed by atoms with Gasteiger partial charge in [-0.1, -0.05) is 29.8 Å². The highest BCUT2D eigenvalue weighted by Crippen LogP contribution is 2.22. The van der Waals surface area contributed by atoms with Gasteiger partial charge in [0.2, 0.25) is 5.91 Å². The van der Waals surface area contributed by atoms with E-state index < -0.39 is 5.91 Å². The van der Waals surface area contributed by atoms with E-state index in [0.29, 0.717) is 27.7 Å². The van der Waals surface area contributed by atoms with Crippen LogP contribution in [0.3, 0.4) is 0 Å². The van der Waals surface area contributed by atoms with Crippen molar-refractivity contribution in [2.45, 2.75) is 13.3 Å². The Kier molecular flexibility index (Phi) is 6.38. The summed E-state index contributed by atoms with van der Waals surface area (Å²) in [6.45, 7) is 1.52. The zero-order chi connectivity index (χ0) is 20.1. The van der Waals surface area contributed by atoms with Gasteiger partial charge in [-0.3, -0.25) is 9.59 Å². The minimum atomic E-state index is -0.391. The summed E-state index contributed by atoms with van der Waals surface area (Å²) in [7, 11) is 0. The second-order valence-corrected chi connectivity index (χ2v) is 7.68. The predicted molar refractivity (Wildman–Crippen MR) is 108 cm³/mol. The first-order valence-electron chi connectivity index (χ1n) is 8.44. The summed E-state index contributed by atoms with van der Waals surface area (Å²) >= 11 is 7.15. The monoisotopic (exact) mass is 417 g/mol. The van der Waals surface area contributed by atoms with Crippen LogP contribution in [0, 0.1) is 12.7 Å². The van der Waals surface area contributed by atoms with Gasteiger partial charge < -0.3 is 10.6 Å². The molecule has 2 N–H and O–H groups in total. The number of anilines is 1. The second kappa shape index (κ2) is 8.95. The SMILES string of the molecule is Cc1ccc(Cc2cnc(NC(=O)CNC(=O)c3cccc(Cl)c3)s2)cc1F. The molecule has 0 atom stereocenters. The van der Waals surface area contributed by atoms with Gasteiger partial charge in [0.15, 0.2) is 5.13 Å². The molecule has 0 aliphatic carbocycles. The maximum absolute atomic E-state index is 13.6. The van der Waals surface area contributed by atoms with Crippen molar-refractivity contribution in [2.75, 3.05) is 11.9 Å². The van der Waals surface area contributed by atoms with Crippen LogP contribution in [0.15, 0.2) is 48.7 Å². The Hall–Kier alpha value is -2.77. The average molecular weight is 418 g/mol. The van der Waals surface area contributed by atoms with Crippen molar-refractivity contribution in [2.24, 2.45) is 0 Å². The summed E-state index contributed by atoms with van der Waals surface area (Å²) in [5.41, 5.74) is 1.81. The van der Waals surface area contributed by atoms with E-state index in [-0.39, 0.29) is 18.3 Å². The second-order valence-electron chi connectivity index (χ2n) is 6.13. The molecule has 0 aliphatic rings. The number of carbonyl (C=O) groups excluding carboxylic acids is 2. The van der Waals surface area contributed by atoms with E-state index in [9.17, 15) is 14.0 Å². The van der Waals surface area contributed by atoms with Crippen LogP contribution in [0.1, 0.15) is 26.4 Å². The lowest BCUT2D eigenvalue weighted by Crippen LogP contribution is -2.32. The predicted octanol–water partition coefficient (Wildman–Crippen LogP) is 4.20. The van der Waals surface area contributed by atoms with Crippen molar-refractivity contribution in [1.29, 1.82) is 0 Å². The van der Waals surface area contributed by atoms with Crippen LogP contribution >= 0.6 is 22.9 Å². The van der Waals surface area contributed by atoms with E-state index in [4.69, 9.17) is 11.6 Å². The molecule has 0 saturated carbocycles. The third kappa shape index (κ3) is 5.37. The van der Waals surface area contributed by atoms with E-state index in [2.05, 4.69) is 15.6 Å². The molecule has 2 amide bonds. The van der Waals surface area contributed by atoms with Gasteiger partial charge in [-0.05, 0) is 42.3 Å². The molecule has 0 saturated heterocycles. The minimum Gasteiger partial charge on any atom is -0.343 e. The van der Waals surface area contributed by atoms with Crippen LogP contribution in [0.2, 0.25) is 5.02 Å². The molecule has 3 aromatic rings. The Bertz CT molecular complexity index is 1020. The van der Waals surface area contributed by atoms with E-state index in [1.165, 1.54) is 23.5 Å². The quantitative estimate of drug-likeness (QED) is 0.631. The molecule has 0 bridgehead atoms. The Morgan fingerprint density at radius 3 is 2.79 bits per heavy atom. The van der Waals surface area contributed by atoms with Crippen LogP contribution < -0.4 is 10.6 Å². The molecule has 0 aliphatic heterocycles. The Labute approximate surface area is 170 Å². The number of hydrogen-bond acceptors (Lipinski definition) is 4. The fraction of sp³-hybridized carbons (Fsp3) is 0.150. The lowest BCUT2D eigenvalue weighted by molar-refractivity contribution is -0.115. The molecule has 0 radical (unpaired) electrons. The van der Waals surface area contributed by atoms with Gasteiger partial charge >= 0.3 is 0 Å². The van der Waals surface area contributed by atoms with E-state index in [1.807, 2.05) is 6.07 Å². The van der Waals surface area contributed by atoms with Gasteiger partial charge in [0.25, 0.3) is 5.91 Å². The molecule has 1 aromatic heterocycles. The lowest BCUT2D eigenvalue weighted by atomic mass is 10.1. The minimum absolute atomic E-state index is 0.191. The van der Waals surface area contributed by atoms with Gasteiger partial charge in [-0.25, -0.2) is 9.37 Å². The van der Waals surface area contributed by atoms with Gasteiger partial charge in [-0.2, -0.15) is 0 Å². The largest absolute Gasteiger partial charge is 0.343 e. The molecule has 0 fully saturated rings. The molecular weight excluding hydrogens is 401 g/mol. The first-order chi connectivity index (χ1) is 13.4. The topological polar surface area (TPSA) is 71.1 Å². The summed E-state index contributed by atoms with van der Waals surface area (Å²) in [6.07, 6.45) is 2.17. The standard InChI is InChI=1S/C20H17ClFN3O2S/c1-12-5-6-13(8-17(12)22)7-16-10-24-20(28-16)25-18(26)11-23-19(27)14-3-2-4-15(21)9-14/h2-6,8-10H,7,11H2,1H3,(H,23,27)(H,24,25,26). The number of hydrogen-bond donors (Lipinski definition) is 2. The number of aryl methyl sites for hydroxylation is 1. The third-order valence-electron chi connectivity index (χ3n) is 3.91. The number of benzene rings is 2. The van der Waals surface area contributed by atoms with Crippen LogP contribution in [-0.4, -0.2) is 23.3 Å². The molecule has 0 spiro atoms. The Balaban J connectivity index is 1.52. The summed E-state index contributed by atoms with van der Waals surface area (Å²) in [4.78, 5) is 29.1. The van der Waals surface area contributed by atoms with E-state index >= 15 is 0 Å². The normalized spacial score (nSPS) is 10.5. The van der Waals surface area contributed by atoms with Crippen molar-refractivity contribution >= 4 is 39.9 Å². The number of halogens is 2. The number of thiazole rings is 1. The fourth-order valence-corrected chi connectivity index (χ4v) is 3.50. The van der Waals surface area contributed by atoms with Gasteiger partial charge in [0, 0.05) is 28.1 Å². The molecule has 2 aromatic carbocycles. The van der Waals surface area contributed by atoms with Crippen molar-refractivity contribution in [3.63, 3.8) is 0 Å². The van der Waals surface area contributed by atoms with Crippen molar-refractivity contribution in [1.82, 2.24) is 10.3 Å². The van der Waals surface area contributed by atoms with Gasteiger partial charge in [0.1, 0.15) is 5.82 Å². The Morgan fingerprint density at radius 2 is 2.04 bits per heavy atom. The molecule has 144 valence electrons. The zero-order valence-corrected chi connectivity index (χ0v) is 16.5. The number of aromatic nitrogens is 1.